The van der Waals surface area contributed by atoms with E-state index in [1.807, 2.05) is 36.1 Å². The Labute approximate surface area is 159 Å². The Morgan fingerprint density at radius 1 is 1.04 bits per heavy atom. The Balaban J connectivity index is 1.42. The summed E-state index contributed by atoms with van der Waals surface area (Å²) in [5.74, 6) is -0.236. The number of rotatable bonds is 5. The molecule has 5 heteroatoms. The largest absolute Gasteiger partial charge is 0.356 e. The number of benzene rings is 2. The average Bonchev–Trinajstić information content (AvgIpc) is 2.69. The van der Waals surface area contributed by atoms with Crippen LogP contribution >= 0.6 is 0 Å². The van der Waals surface area contributed by atoms with Crippen LogP contribution in [0, 0.1) is 18.7 Å². The quantitative estimate of drug-likeness (QED) is 0.880. The number of carbonyl (C=O) groups is 2. The summed E-state index contributed by atoms with van der Waals surface area (Å²) in [6.07, 6.45) is 2.04. The van der Waals surface area contributed by atoms with Crippen LogP contribution in [-0.2, 0) is 11.2 Å². The van der Waals surface area contributed by atoms with Crippen LogP contribution in [-0.4, -0.2) is 36.3 Å². The van der Waals surface area contributed by atoms with Gasteiger partial charge in [0.05, 0.1) is 0 Å². The van der Waals surface area contributed by atoms with E-state index in [-0.39, 0.29) is 23.5 Å². The third-order valence-corrected chi connectivity index (χ3v) is 5.08. The molecule has 1 N–H and O–H groups in total. The Bertz CT molecular complexity index is 779. The lowest BCUT2D eigenvalue weighted by molar-refractivity contribution is -0.126. The maximum Gasteiger partial charge on any atom is 0.253 e. The number of likely N-dealkylation sites (tertiary alicyclic amines) is 1. The van der Waals surface area contributed by atoms with Gasteiger partial charge in [0.25, 0.3) is 5.91 Å². The van der Waals surface area contributed by atoms with Crippen LogP contribution in [0.25, 0.3) is 0 Å². The van der Waals surface area contributed by atoms with Gasteiger partial charge >= 0.3 is 0 Å². The number of amides is 2. The predicted molar refractivity (Wildman–Crippen MR) is 103 cm³/mol. The third-order valence-electron chi connectivity index (χ3n) is 5.08. The monoisotopic (exact) mass is 368 g/mol. The topological polar surface area (TPSA) is 49.4 Å². The molecule has 0 unspecified atom stereocenters. The normalized spacial score (nSPS) is 14.8. The van der Waals surface area contributed by atoms with Crippen molar-refractivity contribution in [2.75, 3.05) is 19.6 Å². The number of nitrogens with zero attached hydrogens (tertiary/aromatic N) is 1. The summed E-state index contributed by atoms with van der Waals surface area (Å²) < 4.78 is 12.9. The van der Waals surface area contributed by atoms with Gasteiger partial charge in [0, 0.05) is 31.1 Å². The van der Waals surface area contributed by atoms with Crippen molar-refractivity contribution in [1.29, 1.82) is 0 Å². The molecule has 0 aliphatic carbocycles. The second-order valence-corrected chi connectivity index (χ2v) is 7.10. The van der Waals surface area contributed by atoms with Crippen LogP contribution in [0.2, 0.25) is 0 Å². The molecule has 142 valence electrons. The van der Waals surface area contributed by atoms with E-state index in [1.165, 1.54) is 12.1 Å². The number of aryl methyl sites for hydroxylation is 1. The Hall–Kier alpha value is -2.69. The molecule has 1 saturated heterocycles. The zero-order chi connectivity index (χ0) is 19.2. The van der Waals surface area contributed by atoms with Crippen molar-refractivity contribution in [1.82, 2.24) is 10.2 Å². The standard InChI is InChI=1S/C22H25FN2O2/c1-16-2-6-19(7-3-16)22(27)25-14-11-18(12-15-25)21(26)24-13-10-17-4-8-20(23)9-5-17/h2-9,18H,10-15H2,1H3,(H,24,26). The molecule has 1 heterocycles. The molecule has 0 bridgehead atoms. The molecule has 0 spiro atoms. The summed E-state index contributed by atoms with van der Waals surface area (Å²) in [5.41, 5.74) is 2.82. The number of nitrogens with one attached hydrogen (secondary N) is 1. The van der Waals surface area contributed by atoms with Crippen molar-refractivity contribution in [2.45, 2.75) is 26.2 Å². The highest BCUT2D eigenvalue weighted by Crippen LogP contribution is 2.19. The van der Waals surface area contributed by atoms with Crippen LogP contribution in [0.3, 0.4) is 0 Å². The second kappa shape index (κ2) is 8.80. The fourth-order valence-corrected chi connectivity index (χ4v) is 3.35. The summed E-state index contributed by atoms with van der Waals surface area (Å²) in [7, 11) is 0. The number of hydrogen-bond donors (Lipinski definition) is 1. The number of hydrogen-bond acceptors (Lipinski definition) is 2. The van der Waals surface area contributed by atoms with Crippen LogP contribution in [0.4, 0.5) is 4.39 Å². The van der Waals surface area contributed by atoms with Crippen LogP contribution in [0.1, 0.15) is 34.3 Å². The van der Waals surface area contributed by atoms with E-state index in [2.05, 4.69) is 5.32 Å². The van der Waals surface area contributed by atoms with Crippen molar-refractivity contribution < 1.29 is 14.0 Å². The van der Waals surface area contributed by atoms with E-state index < -0.39 is 0 Å². The first-order valence-electron chi connectivity index (χ1n) is 9.41. The van der Waals surface area contributed by atoms with E-state index in [0.717, 1.165) is 11.1 Å². The molecule has 4 nitrogen and oxygen atoms in total. The van der Waals surface area contributed by atoms with Gasteiger partial charge in [-0.1, -0.05) is 29.8 Å². The highest BCUT2D eigenvalue weighted by atomic mass is 19.1. The van der Waals surface area contributed by atoms with Gasteiger partial charge in [-0.25, -0.2) is 4.39 Å². The lowest BCUT2D eigenvalue weighted by Gasteiger charge is -2.31. The summed E-state index contributed by atoms with van der Waals surface area (Å²) >= 11 is 0. The van der Waals surface area contributed by atoms with Gasteiger partial charge in [-0.3, -0.25) is 9.59 Å². The maximum atomic E-state index is 12.9. The first-order chi connectivity index (χ1) is 13.0. The van der Waals surface area contributed by atoms with E-state index >= 15 is 0 Å². The Morgan fingerprint density at radius 2 is 1.67 bits per heavy atom. The van der Waals surface area contributed by atoms with Crippen LogP contribution < -0.4 is 5.32 Å². The zero-order valence-electron chi connectivity index (χ0n) is 15.6. The lowest BCUT2D eigenvalue weighted by Crippen LogP contribution is -2.43. The van der Waals surface area contributed by atoms with E-state index in [1.54, 1.807) is 12.1 Å². The molecular formula is C22H25FN2O2. The molecule has 2 amide bonds. The van der Waals surface area contributed by atoms with E-state index in [4.69, 9.17) is 0 Å². The minimum atomic E-state index is -0.255. The van der Waals surface area contributed by atoms with Crippen LogP contribution in [0.5, 0.6) is 0 Å². The average molecular weight is 368 g/mol. The molecule has 0 saturated carbocycles. The summed E-state index contributed by atoms with van der Waals surface area (Å²) in [6.45, 7) is 3.73. The van der Waals surface area contributed by atoms with Gasteiger partial charge in [0.15, 0.2) is 0 Å². The summed E-state index contributed by atoms with van der Waals surface area (Å²) in [5, 5.41) is 2.96. The van der Waals surface area contributed by atoms with Gasteiger partial charge in [-0.2, -0.15) is 0 Å². The fourth-order valence-electron chi connectivity index (χ4n) is 3.35. The van der Waals surface area contributed by atoms with Gasteiger partial charge in [0.2, 0.25) is 5.91 Å². The van der Waals surface area contributed by atoms with Crippen molar-refractivity contribution in [3.05, 3.63) is 71.0 Å². The molecule has 0 aromatic heterocycles. The van der Waals surface area contributed by atoms with Gasteiger partial charge in [-0.05, 0) is 56.0 Å². The minimum absolute atomic E-state index is 0.0326. The SMILES string of the molecule is Cc1ccc(C(=O)N2CCC(C(=O)NCCc3ccc(F)cc3)CC2)cc1. The van der Waals surface area contributed by atoms with Crippen molar-refractivity contribution in [3.8, 4) is 0 Å². The molecule has 2 aromatic rings. The first kappa shape index (κ1) is 19.1. The van der Waals surface area contributed by atoms with Crippen molar-refractivity contribution in [3.63, 3.8) is 0 Å². The summed E-state index contributed by atoms with van der Waals surface area (Å²) in [6, 6.07) is 13.9. The molecule has 27 heavy (non-hydrogen) atoms. The lowest BCUT2D eigenvalue weighted by atomic mass is 9.95. The Morgan fingerprint density at radius 3 is 2.30 bits per heavy atom. The van der Waals surface area contributed by atoms with E-state index in [0.29, 0.717) is 44.5 Å². The number of piperidine rings is 1. The third kappa shape index (κ3) is 5.16. The van der Waals surface area contributed by atoms with Gasteiger partial charge < -0.3 is 10.2 Å². The maximum absolute atomic E-state index is 12.9. The number of halogens is 1. The molecule has 2 aromatic carbocycles. The molecule has 1 fully saturated rings. The summed E-state index contributed by atoms with van der Waals surface area (Å²) in [4.78, 5) is 26.7. The second-order valence-electron chi connectivity index (χ2n) is 7.10. The molecule has 0 atom stereocenters. The Kier molecular flexibility index (Phi) is 6.22. The van der Waals surface area contributed by atoms with Crippen molar-refractivity contribution in [2.24, 2.45) is 5.92 Å². The minimum Gasteiger partial charge on any atom is -0.356 e. The first-order valence-corrected chi connectivity index (χ1v) is 9.41. The molecule has 1 aliphatic heterocycles. The van der Waals surface area contributed by atoms with E-state index in [9.17, 15) is 14.0 Å². The zero-order valence-corrected chi connectivity index (χ0v) is 15.6. The molecule has 0 radical (unpaired) electrons. The highest BCUT2D eigenvalue weighted by molar-refractivity contribution is 5.94. The predicted octanol–water partition coefficient (Wildman–Crippen LogP) is 3.35. The fraction of sp³-hybridized carbons (Fsp3) is 0.364. The van der Waals surface area contributed by atoms with Crippen LogP contribution in [0.15, 0.2) is 48.5 Å². The smallest absolute Gasteiger partial charge is 0.253 e. The van der Waals surface area contributed by atoms with Gasteiger partial charge in [0.1, 0.15) is 5.82 Å². The van der Waals surface area contributed by atoms with Crippen molar-refractivity contribution >= 4 is 11.8 Å². The molecular weight excluding hydrogens is 343 g/mol. The molecule has 1 aliphatic rings. The molecule has 3 rings (SSSR count). The number of carbonyl (C=O) groups excluding carboxylic acids is 2. The van der Waals surface area contributed by atoms with Gasteiger partial charge in [-0.15, -0.1) is 0 Å². The highest BCUT2D eigenvalue weighted by Gasteiger charge is 2.27.